The smallest absolute Gasteiger partial charge is 0.313 e. The highest BCUT2D eigenvalue weighted by Gasteiger charge is 2.21. The molecule has 1 aromatic rings. The molecule has 0 amide bonds. The minimum absolute atomic E-state index is 0.157. The zero-order valence-corrected chi connectivity index (χ0v) is 18.7. The molecule has 0 aliphatic heterocycles. The molecule has 0 heterocycles. The minimum Gasteiger partial charge on any atom is -0.508 e. The van der Waals surface area contributed by atoms with E-state index in [9.17, 15) is 9.90 Å². The molecule has 29 heavy (non-hydrogen) atoms. The number of phenolic OH excluding ortho intramolecular Hbond substituents is 1. The molecule has 3 heteroatoms. The van der Waals surface area contributed by atoms with E-state index in [1.54, 1.807) is 12.1 Å². The number of unbranched alkanes of at least 4 members (excludes halogenated alkanes) is 10. The van der Waals surface area contributed by atoms with E-state index in [-0.39, 0.29) is 17.6 Å². The van der Waals surface area contributed by atoms with E-state index in [1.165, 1.54) is 57.8 Å². The SMILES string of the molecule is CCCCCCCC/C=C\CCCCCCC(C(=O)OCC)c1ccc(O)cc1. The van der Waals surface area contributed by atoms with Crippen molar-refractivity contribution in [1.29, 1.82) is 0 Å². The Morgan fingerprint density at radius 2 is 1.41 bits per heavy atom. The number of allylic oxidation sites excluding steroid dienone is 2. The minimum atomic E-state index is -0.229. The summed E-state index contributed by atoms with van der Waals surface area (Å²) >= 11 is 0. The zero-order valence-electron chi connectivity index (χ0n) is 18.7. The molecule has 1 aromatic carbocycles. The van der Waals surface area contributed by atoms with Gasteiger partial charge in [-0.15, -0.1) is 0 Å². The van der Waals surface area contributed by atoms with Gasteiger partial charge >= 0.3 is 5.97 Å². The summed E-state index contributed by atoms with van der Waals surface area (Å²) < 4.78 is 5.25. The molecule has 1 rings (SSSR count). The number of aromatic hydroxyl groups is 1. The van der Waals surface area contributed by atoms with Crippen LogP contribution < -0.4 is 0 Å². The molecule has 0 bridgehead atoms. The summed E-state index contributed by atoms with van der Waals surface area (Å²) in [6.45, 7) is 4.50. The van der Waals surface area contributed by atoms with Crippen molar-refractivity contribution in [2.45, 2.75) is 103 Å². The highest BCUT2D eigenvalue weighted by molar-refractivity contribution is 5.78. The third-order valence-corrected chi connectivity index (χ3v) is 5.37. The first-order valence-corrected chi connectivity index (χ1v) is 11.8. The number of hydrogen-bond acceptors (Lipinski definition) is 3. The van der Waals surface area contributed by atoms with Gasteiger partial charge in [-0.1, -0.05) is 82.6 Å². The topological polar surface area (TPSA) is 46.5 Å². The van der Waals surface area contributed by atoms with Gasteiger partial charge in [0.15, 0.2) is 0 Å². The van der Waals surface area contributed by atoms with E-state index in [2.05, 4.69) is 19.1 Å². The molecule has 0 fully saturated rings. The molecule has 0 saturated carbocycles. The van der Waals surface area contributed by atoms with Crippen molar-refractivity contribution in [3.05, 3.63) is 42.0 Å². The molecular formula is C26H42O3. The molecule has 1 N–H and O–H groups in total. The van der Waals surface area contributed by atoms with E-state index in [1.807, 2.05) is 19.1 Å². The molecule has 0 aliphatic carbocycles. The Bertz CT molecular complexity index is 548. The maximum Gasteiger partial charge on any atom is 0.313 e. The summed E-state index contributed by atoms with van der Waals surface area (Å²) in [5.74, 6) is -0.163. The first-order chi connectivity index (χ1) is 14.2. The Hall–Kier alpha value is -1.77. The van der Waals surface area contributed by atoms with Crippen molar-refractivity contribution in [2.24, 2.45) is 0 Å². The van der Waals surface area contributed by atoms with Gasteiger partial charge in [-0.05, 0) is 56.7 Å². The van der Waals surface area contributed by atoms with Crippen LogP contribution in [0.15, 0.2) is 36.4 Å². The van der Waals surface area contributed by atoms with Gasteiger partial charge in [0, 0.05) is 0 Å². The molecule has 0 radical (unpaired) electrons. The van der Waals surface area contributed by atoms with Gasteiger partial charge in [-0.25, -0.2) is 0 Å². The summed E-state index contributed by atoms with van der Waals surface area (Å²) in [5.41, 5.74) is 0.930. The lowest BCUT2D eigenvalue weighted by Crippen LogP contribution is -2.16. The fourth-order valence-electron chi connectivity index (χ4n) is 3.61. The maximum atomic E-state index is 12.3. The Morgan fingerprint density at radius 3 is 2.00 bits per heavy atom. The molecule has 164 valence electrons. The second kappa shape index (κ2) is 17.1. The Morgan fingerprint density at radius 1 is 0.862 bits per heavy atom. The molecule has 0 aliphatic rings. The van der Waals surface area contributed by atoms with Crippen LogP contribution in [0.1, 0.15) is 109 Å². The average Bonchev–Trinajstić information content (AvgIpc) is 2.72. The van der Waals surface area contributed by atoms with E-state index >= 15 is 0 Å². The van der Waals surface area contributed by atoms with Crippen LogP contribution in [-0.2, 0) is 9.53 Å². The Balaban J connectivity index is 2.15. The number of carbonyl (C=O) groups is 1. The lowest BCUT2D eigenvalue weighted by molar-refractivity contribution is -0.145. The van der Waals surface area contributed by atoms with Crippen LogP contribution in [0.5, 0.6) is 5.75 Å². The van der Waals surface area contributed by atoms with E-state index < -0.39 is 0 Å². The molecule has 1 atom stereocenters. The van der Waals surface area contributed by atoms with Gasteiger partial charge in [-0.2, -0.15) is 0 Å². The summed E-state index contributed by atoms with van der Waals surface area (Å²) in [6.07, 6.45) is 20.6. The molecule has 3 nitrogen and oxygen atoms in total. The maximum absolute atomic E-state index is 12.3. The predicted octanol–water partition coefficient (Wildman–Crippen LogP) is 7.69. The van der Waals surface area contributed by atoms with Gasteiger partial charge in [0.2, 0.25) is 0 Å². The van der Waals surface area contributed by atoms with Crippen LogP contribution in [0.3, 0.4) is 0 Å². The zero-order chi connectivity index (χ0) is 21.2. The van der Waals surface area contributed by atoms with Crippen LogP contribution >= 0.6 is 0 Å². The van der Waals surface area contributed by atoms with Crippen LogP contribution in [0, 0.1) is 0 Å². The molecule has 0 spiro atoms. The first-order valence-electron chi connectivity index (χ1n) is 11.8. The van der Waals surface area contributed by atoms with Crippen LogP contribution in [0.2, 0.25) is 0 Å². The van der Waals surface area contributed by atoms with Gasteiger partial charge in [0.05, 0.1) is 12.5 Å². The largest absolute Gasteiger partial charge is 0.508 e. The second-order valence-corrected chi connectivity index (χ2v) is 7.92. The lowest BCUT2D eigenvalue weighted by atomic mass is 9.93. The summed E-state index contributed by atoms with van der Waals surface area (Å²) in [5, 5.41) is 9.47. The summed E-state index contributed by atoms with van der Waals surface area (Å²) in [7, 11) is 0. The van der Waals surface area contributed by atoms with Crippen LogP contribution in [0.4, 0.5) is 0 Å². The monoisotopic (exact) mass is 402 g/mol. The normalized spacial score (nSPS) is 12.3. The van der Waals surface area contributed by atoms with Gasteiger partial charge in [0.1, 0.15) is 5.75 Å². The van der Waals surface area contributed by atoms with Gasteiger partial charge in [0.25, 0.3) is 0 Å². The van der Waals surface area contributed by atoms with Gasteiger partial charge < -0.3 is 9.84 Å². The molecule has 0 aromatic heterocycles. The Kier molecular flexibility index (Phi) is 14.9. The predicted molar refractivity (Wildman–Crippen MR) is 122 cm³/mol. The van der Waals surface area contributed by atoms with Gasteiger partial charge in [-0.3, -0.25) is 4.79 Å². The number of phenols is 1. The molecule has 1 unspecified atom stereocenters. The highest BCUT2D eigenvalue weighted by Crippen LogP contribution is 2.26. The van der Waals surface area contributed by atoms with Crippen molar-refractivity contribution >= 4 is 5.97 Å². The standard InChI is InChI=1S/C26H42O3/c1-3-5-6-7-8-9-10-11-12-13-14-15-16-17-18-25(26(28)29-4-2)23-19-21-24(27)22-20-23/h11-12,19-22,25,27H,3-10,13-18H2,1-2H3/b12-11-. The summed E-state index contributed by atoms with van der Waals surface area (Å²) in [4.78, 5) is 12.3. The number of rotatable bonds is 17. The van der Waals surface area contributed by atoms with E-state index in [4.69, 9.17) is 4.74 Å². The van der Waals surface area contributed by atoms with Crippen LogP contribution in [0.25, 0.3) is 0 Å². The third-order valence-electron chi connectivity index (χ3n) is 5.37. The molecular weight excluding hydrogens is 360 g/mol. The third kappa shape index (κ3) is 12.4. The van der Waals surface area contributed by atoms with E-state index in [0.717, 1.165) is 31.2 Å². The quantitative estimate of drug-likeness (QED) is 0.165. The van der Waals surface area contributed by atoms with Crippen molar-refractivity contribution in [3.8, 4) is 5.75 Å². The fraction of sp³-hybridized carbons (Fsp3) is 0.654. The number of ether oxygens (including phenoxy) is 1. The highest BCUT2D eigenvalue weighted by atomic mass is 16.5. The number of benzene rings is 1. The summed E-state index contributed by atoms with van der Waals surface area (Å²) in [6, 6.07) is 6.93. The van der Waals surface area contributed by atoms with E-state index in [0.29, 0.717) is 6.61 Å². The molecule has 0 saturated heterocycles. The first kappa shape index (κ1) is 25.3. The van der Waals surface area contributed by atoms with Crippen LogP contribution in [-0.4, -0.2) is 17.7 Å². The average molecular weight is 403 g/mol. The second-order valence-electron chi connectivity index (χ2n) is 7.92. The number of carbonyl (C=O) groups excluding carboxylic acids is 1. The lowest BCUT2D eigenvalue weighted by Gasteiger charge is -2.16. The van der Waals surface area contributed by atoms with Crippen molar-refractivity contribution in [3.63, 3.8) is 0 Å². The Labute approximate surface area is 178 Å². The van der Waals surface area contributed by atoms with Crippen molar-refractivity contribution < 1.29 is 14.6 Å². The fourth-order valence-corrected chi connectivity index (χ4v) is 3.61. The number of esters is 1. The number of hydrogen-bond donors (Lipinski definition) is 1. The van der Waals surface area contributed by atoms with Crippen molar-refractivity contribution in [1.82, 2.24) is 0 Å². The van der Waals surface area contributed by atoms with Crippen molar-refractivity contribution in [2.75, 3.05) is 6.61 Å².